The van der Waals surface area contributed by atoms with Gasteiger partial charge in [-0.25, -0.2) is 4.98 Å². The summed E-state index contributed by atoms with van der Waals surface area (Å²) in [6.07, 6.45) is 0. The van der Waals surface area contributed by atoms with Crippen LogP contribution in [0.1, 0.15) is 5.56 Å². The van der Waals surface area contributed by atoms with Crippen LogP contribution in [0.2, 0.25) is 10.0 Å². The molecule has 0 aliphatic rings. The number of aromatic nitrogens is 2. The summed E-state index contributed by atoms with van der Waals surface area (Å²) in [6, 6.07) is 19.9. The van der Waals surface area contributed by atoms with Crippen molar-refractivity contribution in [2.75, 3.05) is 0 Å². The number of ether oxygens (including phenoxy) is 1. The van der Waals surface area contributed by atoms with Gasteiger partial charge in [0.2, 0.25) is 0 Å². The molecule has 134 valence electrons. The van der Waals surface area contributed by atoms with Crippen molar-refractivity contribution < 1.29 is 4.74 Å². The van der Waals surface area contributed by atoms with Crippen LogP contribution in [-0.2, 0) is 6.61 Å². The highest BCUT2D eigenvalue weighted by atomic mass is 35.5. The fourth-order valence-electron chi connectivity index (χ4n) is 2.73. The van der Waals surface area contributed by atoms with Crippen molar-refractivity contribution in [3.8, 4) is 17.1 Å². The van der Waals surface area contributed by atoms with E-state index in [2.05, 4.69) is 9.97 Å². The number of H-pyrrole nitrogens is 1. The Balaban J connectivity index is 1.60. The molecule has 4 aromatic rings. The Labute approximate surface area is 165 Å². The van der Waals surface area contributed by atoms with Crippen LogP contribution in [0.4, 0.5) is 0 Å². The maximum Gasteiger partial charge on any atom is 0.259 e. The van der Waals surface area contributed by atoms with Crippen LogP contribution in [0.3, 0.4) is 0 Å². The largest absolute Gasteiger partial charge is 0.487 e. The molecule has 1 N–H and O–H groups in total. The Kier molecular flexibility index (Phi) is 4.84. The van der Waals surface area contributed by atoms with Crippen LogP contribution >= 0.6 is 23.2 Å². The first-order valence-corrected chi connectivity index (χ1v) is 9.02. The Hall–Kier alpha value is -2.82. The van der Waals surface area contributed by atoms with Crippen molar-refractivity contribution in [1.29, 1.82) is 0 Å². The Morgan fingerprint density at radius 2 is 1.74 bits per heavy atom. The van der Waals surface area contributed by atoms with Gasteiger partial charge in [0, 0.05) is 10.6 Å². The third kappa shape index (κ3) is 3.82. The second kappa shape index (κ2) is 7.43. The summed E-state index contributed by atoms with van der Waals surface area (Å²) >= 11 is 12.2. The normalized spacial score (nSPS) is 10.9. The van der Waals surface area contributed by atoms with Crippen LogP contribution in [0.25, 0.3) is 22.3 Å². The molecule has 0 fully saturated rings. The van der Waals surface area contributed by atoms with Gasteiger partial charge in [-0.05, 0) is 48.0 Å². The second-order valence-corrected chi connectivity index (χ2v) is 6.84. The van der Waals surface area contributed by atoms with E-state index in [0.29, 0.717) is 44.7 Å². The monoisotopic (exact) mass is 396 g/mol. The molecule has 6 heteroatoms. The highest BCUT2D eigenvalue weighted by Crippen LogP contribution is 2.30. The summed E-state index contributed by atoms with van der Waals surface area (Å²) < 4.78 is 5.78. The van der Waals surface area contributed by atoms with Gasteiger partial charge in [0.25, 0.3) is 5.56 Å². The number of nitrogens with one attached hydrogen (secondary N) is 1. The van der Waals surface area contributed by atoms with Crippen LogP contribution in [-0.4, -0.2) is 9.97 Å². The number of rotatable bonds is 4. The molecular weight excluding hydrogens is 383 g/mol. The molecule has 1 heterocycles. The van der Waals surface area contributed by atoms with Crippen molar-refractivity contribution in [3.05, 3.63) is 92.7 Å². The summed E-state index contributed by atoms with van der Waals surface area (Å²) in [5.41, 5.74) is 2.15. The Morgan fingerprint density at radius 1 is 0.963 bits per heavy atom. The van der Waals surface area contributed by atoms with E-state index in [1.807, 2.05) is 42.5 Å². The summed E-state index contributed by atoms with van der Waals surface area (Å²) in [7, 11) is 0. The fourth-order valence-corrected chi connectivity index (χ4v) is 3.09. The molecular formula is C21H14Cl2N2O2. The standard InChI is InChI=1S/C21H14Cl2N2O2/c22-15-8-5-13(6-9-15)12-27-19-10-7-14(11-17(19)23)20-24-18-4-2-1-3-16(18)21(26)25-20/h1-11H,12H2,(H,24,25,26). The number of para-hydroxylation sites is 1. The SMILES string of the molecule is O=c1[nH]c(-c2ccc(OCc3ccc(Cl)cc3)c(Cl)c2)nc2ccccc12. The third-order valence-electron chi connectivity index (χ3n) is 4.13. The molecule has 0 spiro atoms. The number of nitrogens with zero attached hydrogens (tertiary/aromatic N) is 1. The fraction of sp³-hybridized carbons (Fsp3) is 0.0476. The zero-order chi connectivity index (χ0) is 18.8. The van der Waals surface area contributed by atoms with E-state index in [-0.39, 0.29) is 5.56 Å². The van der Waals surface area contributed by atoms with E-state index >= 15 is 0 Å². The number of aromatic amines is 1. The van der Waals surface area contributed by atoms with Gasteiger partial charge in [-0.1, -0.05) is 47.5 Å². The van der Waals surface area contributed by atoms with E-state index in [9.17, 15) is 4.79 Å². The van der Waals surface area contributed by atoms with Gasteiger partial charge in [-0.15, -0.1) is 0 Å². The molecule has 0 aliphatic heterocycles. The van der Waals surface area contributed by atoms with Crippen LogP contribution in [0.15, 0.2) is 71.5 Å². The van der Waals surface area contributed by atoms with E-state index < -0.39 is 0 Å². The van der Waals surface area contributed by atoms with Gasteiger partial charge < -0.3 is 9.72 Å². The van der Waals surface area contributed by atoms with Crippen molar-refractivity contribution in [2.24, 2.45) is 0 Å². The predicted octanol–water partition coefficient (Wildman–Crippen LogP) is 5.48. The minimum absolute atomic E-state index is 0.185. The number of halogens is 2. The van der Waals surface area contributed by atoms with Gasteiger partial charge in [0.15, 0.2) is 0 Å². The van der Waals surface area contributed by atoms with Gasteiger partial charge in [0.1, 0.15) is 18.2 Å². The number of fused-ring (bicyclic) bond motifs is 1. The molecule has 4 rings (SSSR count). The molecule has 0 unspecified atom stereocenters. The smallest absolute Gasteiger partial charge is 0.259 e. The van der Waals surface area contributed by atoms with Crippen molar-refractivity contribution in [1.82, 2.24) is 9.97 Å². The molecule has 27 heavy (non-hydrogen) atoms. The maximum absolute atomic E-state index is 12.2. The summed E-state index contributed by atoms with van der Waals surface area (Å²) in [5, 5.41) is 1.67. The average Bonchev–Trinajstić information content (AvgIpc) is 2.68. The lowest BCUT2D eigenvalue weighted by molar-refractivity contribution is 0.306. The van der Waals surface area contributed by atoms with E-state index in [1.54, 1.807) is 24.3 Å². The van der Waals surface area contributed by atoms with Crippen molar-refractivity contribution in [3.63, 3.8) is 0 Å². The molecule has 3 aromatic carbocycles. The Morgan fingerprint density at radius 3 is 2.52 bits per heavy atom. The molecule has 0 aliphatic carbocycles. The molecule has 0 amide bonds. The van der Waals surface area contributed by atoms with Gasteiger partial charge >= 0.3 is 0 Å². The lowest BCUT2D eigenvalue weighted by Gasteiger charge is -2.10. The van der Waals surface area contributed by atoms with Crippen molar-refractivity contribution >= 4 is 34.1 Å². The number of benzene rings is 3. The molecule has 0 bridgehead atoms. The van der Waals surface area contributed by atoms with E-state index in [4.69, 9.17) is 27.9 Å². The second-order valence-electron chi connectivity index (χ2n) is 5.99. The minimum atomic E-state index is -0.185. The maximum atomic E-state index is 12.2. The summed E-state index contributed by atoms with van der Waals surface area (Å²) in [6.45, 7) is 0.376. The molecule has 4 nitrogen and oxygen atoms in total. The quantitative estimate of drug-likeness (QED) is 0.497. The first-order chi connectivity index (χ1) is 13.1. The topological polar surface area (TPSA) is 55.0 Å². The zero-order valence-electron chi connectivity index (χ0n) is 14.1. The predicted molar refractivity (Wildman–Crippen MR) is 109 cm³/mol. The van der Waals surface area contributed by atoms with Crippen LogP contribution in [0, 0.1) is 0 Å². The Bertz CT molecular complexity index is 1170. The highest BCUT2D eigenvalue weighted by molar-refractivity contribution is 6.32. The highest BCUT2D eigenvalue weighted by Gasteiger charge is 2.09. The lowest BCUT2D eigenvalue weighted by Crippen LogP contribution is -2.09. The first-order valence-electron chi connectivity index (χ1n) is 8.26. The third-order valence-corrected chi connectivity index (χ3v) is 4.67. The molecule has 1 aromatic heterocycles. The number of hydrogen-bond donors (Lipinski definition) is 1. The van der Waals surface area contributed by atoms with E-state index in [1.165, 1.54) is 0 Å². The summed E-state index contributed by atoms with van der Waals surface area (Å²) in [4.78, 5) is 19.6. The van der Waals surface area contributed by atoms with E-state index in [0.717, 1.165) is 5.56 Å². The molecule has 0 saturated heterocycles. The first kappa shape index (κ1) is 17.6. The van der Waals surface area contributed by atoms with Gasteiger partial charge in [0.05, 0.1) is 15.9 Å². The molecule has 0 radical (unpaired) electrons. The summed E-state index contributed by atoms with van der Waals surface area (Å²) in [5.74, 6) is 1.02. The molecule has 0 atom stereocenters. The lowest BCUT2D eigenvalue weighted by atomic mass is 10.2. The average molecular weight is 397 g/mol. The van der Waals surface area contributed by atoms with Gasteiger partial charge in [-0.3, -0.25) is 4.79 Å². The van der Waals surface area contributed by atoms with Crippen molar-refractivity contribution in [2.45, 2.75) is 6.61 Å². The molecule has 0 saturated carbocycles. The van der Waals surface area contributed by atoms with Gasteiger partial charge in [-0.2, -0.15) is 0 Å². The van der Waals surface area contributed by atoms with Crippen LogP contribution in [0.5, 0.6) is 5.75 Å². The zero-order valence-corrected chi connectivity index (χ0v) is 15.6. The number of hydrogen-bond acceptors (Lipinski definition) is 3. The minimum Gasteiger partial charge on any atom is -0.487 e. The van der Waals surface area contributed by atoms with Crippen LogP contribution < -0.4 is 10.3 Å².